The lowest BCUT2D eigenvalue weighted by Gasteiger charge is -2.20. The third kappa shape index (κ3) is 3.33. The summed E-state index contributed by atoms with van der Waals surface area (Å²) in [5, 5.41) is 6.20. The van der Waals surface area contributed by atoms with Crippen LogP contribution in [0.4, 0.5) is 0 Å². The number of ether oxygens (including phenoxy) is 1. The van der Waals surface area contributed by atoms with Crippen LogP contribution in [0.15, 0.2) is 24.3 Å². The number of aryl methyl sites for hydroxylation is 1. The van der Waals surface area contributed by atoms with Crippen molar-refractivity contribution in [1.82, 2.24) is 10.6 Å². The van der Waals surface area contributed by atoms with Crippen molar-refractivity contribution >= 4 is 5.91 Å². The molecule has 104 valence electrons. The Labute approximate surface area is 114 Å². The largest absolute Gasteiger partial charge is 0.379 e. The first-order valence-corrected chi connectivity index (χ1v) is 6.73. The first-order chi connectivity index (χ1) is 9.11. The van der Waals surface area contributed by atoms with Crippen molar-refractivity contribution in [3.05, 3.63) is 35.4 Å². The van der Waals surface area contributed by atoms with Gasteiger partial charge in [0.1, 0.15) is 0 Å². The second-order valence-electron chi connectivity index (χ2n) is 5.18. The van der Waals surface area contributed by atoms with Crippen LogP contribution in [-0.4, -0.2) is 32.2 Å². The molecule has 1 heterocycles. The van der Waals surface area contributed by atoms with E-state index in [1.165, 1.54) is 5.56 Å². The van der Waals surface area contributed by atoms with Crippen molar-refractivity contribution in [2.45, 2.75) is 25.9 Å². The number of benzene rings is 1. The first kappa shape index (κ1) is 14.0. The molecule has 19 heavy (non-hydrogen) atoms. The summed E-state index contributed by atoms with van der Waals surface area (Å²) in [5.41, 5.74) is 2.34. The van der Waals surface area contributed by atoms with Gasteiger partial charge in [0.25, 0.3) is 0 Å². The van der Waals surface area contributed by atoms with Gasteiger partial charge < -0.3 is 15.4 Å². The van der Waals surface area contributed by atoms with Gasteiger partial charge in [-0.15, -0.1) is 0 Å². The van der Waals surface area contributed by atoms with Crippen LogP contribution in [0.2, 0.25) is 0 Å². The molecule has 3 atom stereocenters. The third-order valence-corrected chi connectivity index (χ3v) is 3.69. The highest BCUT2D eigenvalue weighted by atomic mass is 16.5. The Hall–Kier alpha value is -1.39. The van der Waals surface area contributed by atoms with Crippen molar-refractivity contribution in [2.75, 3.05) is 20.3 Å². The molecule has 0 saturated carbocycles. The predicted octanol–water partition coefficient (Wildman–Crippen LogP) is 1.41. The fraction of sp³-hybridized carbons (Fsp3) is 0.533. The maximum Gasteiger partial charge on any atom is 0.227 e. The van der Waals surface area contributed by atoms with Crippen molar-refractivity contribution in [3.8, 4) is 0 Å². The molecule has 1 saturated heterocycles. The topological polar surface area (TPSA) is 50.4 Å². The summed E-state index contributed by atoms with van der Waals surface area (Å²) in [6.45, 7) is 5.17. The van der Waals surface area contributed by atoms with Gasteiger partial charge in [0, 0.05) is 6.04 Å². The van der Waals surface area contributed by atoms with Gasteiger partial charge >= 0.3 is 0 Å². The Bertz CT molecular complexity index is 448. The molecular formula is C15H22N2O2. The molecule has 1 aromatic rings. The van der Waals surface area contributed by atoms with Crippen LogP contribution >= 0.6 is 0 Å². The Morgan fingerprint density at radius 1 is 1.42 bits per heavy atom. The maximum atomic E-state index is 12.3. The van der Waals surface area contributed by atoms with Crippen molar-refractivity contribution in [1.29, 1.82) is 0 Å². The van der Waals surface area contributed by atoms with E-state index >= 15 is 0 Å². The lowest BCUT2D eigenvalue weighted by atomic mass is 10.0. The van der Waals surface area contributed by atoms with Crippen molar-refractivity contribution in [2.24, 2.45) is 5.92 Å². The Kier molecular flexibility index (Phi) is 4.56. The van der Waals surface area contributed by atoms with Crippen LogP contribution in [0.1, 0.15) is 24.1 Å². The van der Waals surface area contributed by atoms with Gasteiger partial charge in [0.05, 0.1) is 25.2 Å². The third-order valence-electron chi connectivity index (χ3n) is 3.69. The molecular weight excluding hydrogens is 240 g/mol. The molecule has 0 aromatic heterocycles. The summed E-state index contributed by atoms with van der Waals surface area (Å²) >= 11 is 0. The Morgan fingerprint density at radius 3 is 2.89 bits per heavy atom. The van der Waals surface area contributed by atoms with E-state index in [-0.39, 0.29) is 23.9 Å². The van der Waals surface area contributed by atoms with Crippen LogP contribution in [0.25, 0.3) is 0 Å². The van der Waals surface area contributed by atoms with Gasteiger partial charge in [0.15, 0.2) is 0 Å². The summed E-state index contributed by atoms with van der Waals surface area (Å²) in [7, 11) is 1.86. The Balaban J connectivity index is 1.98. The van der Waals surface area contributed by atoms with Gasteiger partial charge in [-0.3, -0.25) is 4.79 Å². The van der Waals surface area contributed by atoms with E-state index in [2.05, 4.69) is 29.7 Å². The SMILES string of the molecule is CNC1COCC1C(=O)N[C@@H](C)c1cccc(C)c1. The number of hydrogen-bond acceptors (Lipinski definition) is 3. The van der Waals surface area contributed by atoms with Crippen LogP contribution in [0.5, 0.6) is 0 Å². The average molecular weight is 262 g/mol. The van der Waals surface area contributed by atoms with Crippen LogP contribution < -0.4 is 10.6 Å². The number of carbonyl (C=O) groups excluding carboxylic acids is 1. The summed E-state index contributed by atoms with van der Waals surface area (Å²) in [6.07, 6.45) is 0. The van der Waals surface area contributed by atoms with E-state index in [0.717, 1.165) is 5.56 Å². The minimum Gasteiger partial charge on any atom is -0.379 e. The number of hydrogen-bond donors (Lipinski definition) is 2. The molecule has 0 bridgehead atoms. The summed E-state index contributed by atoms with van der Waals surface area (Å²) in [6, 6.07) is 8.35. The fourth-order valence-electron chi connectivity index (χ4n) is 2.44. The zero-order chi connectivity index (χ0) is 13.8. The smallest absolute Gasteiger partial charge is 0.227 e. The lowest BCUT2D eigenvalue weighted by Crippen LogP contribution is -2.43. The summed E-state index contributed by atoms with van der Waals surface area (Å²) < 4.78 is 5.36. The van der Waals surface area contributed by atoms with E-state index in [4.69, 9.17) is 4.74 Å². The molecule has 2 unspecified atom stereocenters. The van der Waals surface area contributed by atoms with Gasteiger partial charge in [-0.2, -0.15) is 0 Å². The first-order valence-electron chi connectivity index (χ1n) is 6.73. The molecule has 1 aliphatic rings. The van der Waals surface area contributed by atoms with Crippen molar-refractivity contribution in [3.63, 3.8) is 0 Å². The van der Waals surface area contributed by atoms with Crippen LogP contribution in [0.3, 0.4) is 0 Å². The molecule has 2 N–H and O–H groups in total. The molecule has 4 nitrogen and oxygen atoms in total. The van der Waals surface area contributed by atoms with Gasteiger partial charge in [0.2, 0.25) is 5.91 Å². The zero-order valence-corrected chi connectivity index (χ0v) is 11.8. The minimum atomic E-state index is -0.0998. The molecule has 0 spiro atoms. The van der Waals surface area contributed by atoms with E-state index < -0.39 is 0 Å². The summed E-state index contributed by atoms with van der Waals surface area (Å²) in [4.78, 5) is 12.3. The van der Waals surface area contributed by atoms with Gasteiger partial charge in [-0.1, -0.05) is 29.8 Å². The fourth-order valence-corrected chi connectivity index (χ4v) is 2.44. The van der Waals surface area contributed by atoms with Crippen molar-refractivity contribution < 1.29 is 9.53 Å². The second-order valence-corrected chi connectivity index (χ2v) is 5.18. The van der Waals surface area contributed by atoms with Crippen LogP contribution in [0, 0.1) is 12.8 Å². The number of rotatable bonds is 4. The highest BCUT2D eigenvalue weighted by molar-refractivity contribution is 5.80. The van der Waals surface area contributed by atoms with Gasteiger partial charge in [-0.25, -0.2) is 0 Å². The molecule has 1 aliphatic heterocycles. The predicted molar refractivity (Wildman–Crippen MR) is 74.9 cm³/mol. The molecule has 0 radical (unpaired) electrons. The van der Waals surface area contributed by atoms with Gasteiger partial charge in [-0.05, 0) is 26.5 Å². The molecule has 2 rings (SSSR count). The standard InChI is InChI=1S/C15H22N2O2/c1-10-5-4-6-12(7-10)11(2)17-15(18)13-8-19-9-14(13)16-3/h4-7,11,13-14,16H,8-9H2,1-3H3,(H,17,18)/t11-,13?,14?/m0/s1. The molecule has 1 fully saturated rings. The van der Waals surface area contributed by atoms with Crippen LogP contribution in [-0.2, 0) is 9.53 Å². The zero-order valence-electron chi connectivity index (χ0n) is 11.8. The lowest BCUT2D eigenvalue weighted by molar-refractivity contribution is -0.126. The molecule has 1 amide bonds. The molecule has 0 aliphatic carbocycles. The highest BCUT2D eigenvalue weighted by Gasteiger charge is 2.33. The molecule has 4 heteroatoms. The van der Waals surface area contributed by atoms with E-state index in [0.29, 0.717) is 13.2 Å². The highest BCUT2D eigenvalue weighted by Crippen LogP contribution is 2.18. The maximum absolute atomic E-state index is 12.3. The normalized spacial score (nSPS) is 24.2. The Morgan fingerprint density at radius 2 is 2.21 bits per heavy atom. The number of amides is 1. The number of nitrogens with one attached hydrogen (secondary N) is 2. The van der Waals surface area contributed by atoms with E-state index in [9.17, 15) is 4.79 Å². The number of carbonyl (C=O) groups is 1. The summed E-state index contributed by atoms with van der Waals surface area (Å²) in [5.74, 6) is -0.0388. The average Bonchev–Trinajstić information content (AvgIpc) is 2.87. The second kappa shape index (κ2) is 6.17. The number of likely N-dealkylation sites (N-methyl/N-ethyl adjacent to an activating group) is 1. The van der Waals surface area contributed by atoms with E-state index in [1.807, 2.05) is 26.1 Å². The molecule has 1 aromatic carbocycles. The minimum absolute atomic E-state index is 0.0190. The quantitative estimate of drug-likeness (QED) is 0.862. The monoisotopic (exact) mass is 262 g/mol. The van der Waals surface area contributed by atoms with E-state index in [1.54, 1.807) is 0 Å².